The molecule has 0 aliphatic rings. The van der Waals surface area contributed by atoms with Crippen molar-refractivity contribution < 1.29 is 19.0 Å². The predicted octanol–water partition coefficient (Wildman–Crippen LogP) is 2.37. The number of aromatic nitrogens is 3. The zero-order valence-electron chi connectivity index (χ0n) is 16.5. The summed E-state index contributed by atoms with van der Waals surface area (Å²) in [5.41, 5.74) is 1.12. The molecule has 3 rings (SSSR count). The smallest absolute Gasteiger partial charge is 0.434 e. The van der Waals surface area contributed by atoms with Crippen LogP contribution in [0.5, 0.6) is 0 Å². The molecule has 0 saturated carbocycles. The van der Waals surface area contributed by atoms with E-state index in [1.807, 2.05) is 31.2 Å². The van der Waals surface area contributed by atoms with Crippen LogP contribution < -0.4 is 10.2 Å². The van der Waals surface area contributed by atoms with Crippen molar-refractivity contribution in [2.45, 2.75) is 20.4 Å². The van der Waals surface area contributed by atoms with E-state index in [1.165, 1.54) is 6.21 Å². The Morgan fingerprint density at radius 1 is 1.20 bits per heavy atom. The van der Waals surface area contributed by atoms with Crippen LogP contribution in [-0.2, 0) is 11.3 Å². The highest BCUT2D eigenvalue weighted by Gasteiger charge is 2.31. The number of nitrogens with zero attached hydrogens (tertiary/aromatic N) is 3. The summed E-state index contributed by atoms with van der Waals surface area (Å²) in [6.07, 6.45) is 1.49. The average molecular weight is 428 g/mol. The van der Waals surface area contributed by atoms with Crippen LogP contribution in [0.3, 0.4) is 0 Å². The van der Waals surface area contributed by atoms with Crippen molar-refractivity contribution >= 4 is 29.6 Å². The van der Waals surface area contributed by atoms with E-state index >= 15 is 0 Å². The number of aryl methyl sites for hydroxylation is 1. The third-order valence-corrected chi connectivity index (χ3v) is 4.57. The fourth-order valence-electron chi connectivity index (χ4n) is 2.74. The number of ketones is 1. The Labute approximate surface area is 177 Å². The highest BCUT2D eigenvalue weighted by molar-refractivity contribution is 6.30. The van der Waals surface area contributed by atoms with E-state index in [4.69, 9.17) is 16.3 Å². The van der Waals surface area contributed by atoms with Gasteiger partial charge in [-0.1, -0.05) is 46.2 Å². The third-order valence-electron chi connectivity index (χ3n) is 4.32. The van der Waals surface area contributed by atoms with Crippen LogP contribution in [0.25, 0.3) is 0 Å². The van der Waals surface area contributed by atoms with Gasteiger partial charge in [0.2, 0.25) is 5.78 Å². The maximum Gasteiger partial charge on any atom is 0.434 e. The van der Waals surface area contributed by atoms with Gasteiger partial charge in [0.05, 0.1) is 12.8 Å². The molecule has 30 heavy (non-hydrogen) atoms. The van der Waals surface area contributed by atoms with Gasteiger partial charge in [-0.15, -0.1) is 4.68 Å². The minimum Gasteiger partial charge on any atom is -0.459 e. The summed E-state index contributed by atoms with van der Waals surface area (Å²) >= 11 is 5.85. The molecule has 0 saturated heterocycles. The molecule has 1 heterocycles. The number of aromatic amines is 1. The molecule has 1 N–H and O–H groups in total. The molecule has 2 aromatic carbocycles. The quantitative estimate of drug-likeness (QED) is 0.271. The zero-order valence-corrected chi connectivity index (χ0v) is 17.2. The monoisotopic (exact) mass is 427 g/mol. The van der Waals surface area contributed by atoms with Crippen LogP contribution in [-0.4, -0.2) is 34.6 Å². The molecule has 0 bridgehead atoms. The van der Waals surface area contributed by atoms with Gasteiger partial charge in [0, 0.05) is 15.4 Å². The number of H-pyrrole nitrogens is 1. The Morgan fingerprint density at radius 3 is 2.57 bits per heavy atom. The number of nitrogens with one attached hydrogen (secondary N) is 1. The van der Waals surface area contributed by atoms with E-state index in [0.29, 0.717) is 10.6 Å². The first-order chi connectivity index (χ1) is 14.4. The van der Waals surface area contributed by atoms with Gasteiger partial charge in [0.25, 0.3) is 0 Å². The molecule has 0 fully saturated rings. The summed E-state index contributed by atoms with van der Waals surface area (Å²) < 4.78 is 6.11. The Balaban J connectivity index is 1.97. The fourth-order valence-corrected chi connectivity index (χ4v) is 2.86. The number of halogens is 1. The largest absolute Gasteiger partial charge is 0.459 e. The second-order valence-electron chi connectivity index (χ2n) is 6.40. The minimum atomic E-state index is -0.840. The number of carbonyl (C=O) groups excluding carboxylic acids is 2. The van der Waals surface area contributed by atoms with Crippen molar-refractivity contribution in [1.82, 2.24) is 10.0 Å². The molecule has 0 spiro atoms. The van der Waals surface area contributed by atoms with Gasteiger partial charge < -0.3 is 4.74 Å². The van der Waals surface area contributed by atoms with Crippen LogP contribution in [0.4, 0.5) is 0 Å². The lowest BCUT2D eigenvalue weighted by Gasteiger charge is -2.01. The van der Waals surface area contributed by atoms with E-state index in [0.717, 1.165) is 20.6 Å². The first-order valence-corrected chi connectivity index (χ1v) is 9.59. The molecule has 9 heteroatoms. The topological polar surface area (TPSA) is 97.4 Å². The molecule has 0 unspecified atom stereocenters. The highest BCUT2D eigenvalue weighted by Crippen LogP contribution is 2.10. The van der Waals surface area contributed by atoms with Crippen LogP contribution in [0.2, 0.25) is 5.02 Å². The van der Waals surface area contributed by atoms with E-state index in [1.54, 1.807) is 31.2 Å². The molecule has 3 aromatic rings. The summed E-state index contributed by atoms with van der Waals surface area (Å²) in [5, 5.41) is 7.28. The van der Waals surface area contributed by atoms with Gasteiger partial charge in [-0.2, -0.15) is 0 Å². The maximum atomic E-state index is 12.7. The van der Waals surface area contributed by atoms with Gasteiger partial charge in [-0.3, -0.25) is 4.79 Å². The van der Waals surface area contributed by atoms with Crippen LogP contribution in [0.15, 0.2) is 58.4 Å². The number of hydrogen-bond acceptors (Lipinski definition) is 5. The third kappa shape index (κ3) is 4.72. The normalized spacial score (nSPS) is 11.0. The standard InChI is InChI=1S/C21H19ClN4O4/c1-3-30-21(29)19-20(28)26(23-12-16-7-5-4-6-14(16)2)24-25(19)13-18(27)15-8-10-17(22)11-9-15/h4-12H,3,13H2,1-2H3/p+1/b23-12-. The maximum absolute atomic E-state index is 12.7. The number of esters is 1. The summed E-state index contributed by atoms with van der Waals surface area (Å²) in [6, 6.07) is 13.8. The van der Waals surface area contributed by atoms with E-state index in [-0.39, 0.29) is 24.6 Å². The van der Waals surface area contributed by atoms with E-state index in [2.05, 4.69) is 10.3 Å². The Bertz CT molecular complexity index is 1160. The van der Waals surface area contributed by atoms with Gasteiger partial charge >= 0.3 is 17.2 Å². The van der Waals surface area contributed by atoms with Crippen molar-refractivity contribution in [3.63, 3.8) is 0 Å². The lowest BCUT2D eigenvalue weighted by atomic mass is 10.1. The molecule has 154 valence electrons. The number of rotatable bonds is 7. The van der Waals surface area contributed by atoms with Gasteiger partial charge in [-0.25, -0.2) is 9.59 Å². The number of ether oxygens (including phenoxy) is 1. The molecule has 0 aliphatic heterocycles. The first kappa shape index (κ1) is 21.2. The molecule has 0 aliphatic carbocycles. The van der Waals surface area contributed by atoms with Crippen molar-refractivity contribution in [3.8, 4) is 0 Å². The second-order valence-corrected chi connectivity index (χ2v) is 6.84. The summed E-state index contributed by atoms with van der Waals surface area (Å²) in [6.45, 7) is 3.34. The Morgan fingerprint density at radius 2 is 1.90 bits per heavy atom. The SMILES string of the molecule is CCOC(=O)c1c(=O)n(/N=C\c2ccccc2C)[nH][n+]1CC(=O)c1ccc(Cl)cc1. The summed E-state index contributed by atoms with van der Waals surface area (Å²) in [7, 11) is 0. The fraction of sp³-hybridized carbons (Fsp3) is 0.190. The van der Waals surface area contributed by atoms with E-state index in [9.17, 15) is 14.4 Å². The van der Waals surface area contributed by atoms with E-state index < -0.39 is 11.5 Å². The molecule has 0 amide bonds. The highest BCUT2D eigenvalue weighted by atomic mass is 35.5. The van der Waals surface area contributed by atoms with Crippen LogP contribution >= 0.6 is 11.6 Å². The molecule has 8 nitrogen and oxygen atoms in total. The van der Waals surface area contributed by atoms with Crippen molar-refractivity contribution in [2.24, 2.45) is 5.10 Å². The second kappa shape index (κ2) is 9.32. The van der Waals surface area contributed by atoms with Crippen LogP contribution in [0.1, 0.15) is 38.9 Å². The van der Waals surface area contributed by atoms with Gasteiger partial charge in [0.1, 0.15) is 0 Å². The van der Waals surface area contributed by atoms with Gasteiger partial charge in [0.15, 0.2) is 6.54 Å². The van der Waals surface area contributed by atoms with Crippen molar-refractivity contribution in [1.29, 1.82) is 0 Å². The Hall–Kier alpha value is -3.52. The predicted molar refractivity (Wildman–Crippen MR) is 111 cm³/mol. The number of hydrogen-bond donors (Lipinski definition) is 1. The van der Waals surface area contributed by atoms with Crippen molar-refractivity contribution in [3.05, 3.63) is 86.3 Å². The molecular formula is C21H20ClN4O4+. The summed E-state index contributed by atoms with van der Waals surface area (Å²) in [4.78, 5) is 38.6. The van der Waals surface area contributed by atoms with Gasteiger partial charge in [-0.05, 0) is 49.2 Å². The zero-order chi connectivity index (χ0) is 21.7. The number of Topliss-reactive ketones (excluding diaryl/α,β-unsaturated/α-hetero) is 1. The first-order valence-electron chi connectivity index (χ1n) is 9.21. The van der Waals surface area contributed by atoms with Crippen molar-refractivity contribution in [2.75, 3.05) is 6.61 Å². The van der Waals surface area contributed by atoms with Crippen LogP contribution in [0, 0.1) is 6.92 Å². The lowest BCUT2D eigenvalue weighted by Crippen LogP contribution is -2.46. The molecule has 0 radical (unpaired) electrons. The average Bonchev–Trinajstić information content (AvgIpc) is 3.03. The molecular weight excluding hydrogens is 408 g/mol. The number of carbonyl (C=O) groups is 2. The number of benzene rings is 2. The summed E-state index contributed by atoms with van der Waals surface area (Å²) in [5.74, 6) is -1.16. The molecule has 0 atom stereocenters. The minimum absolute atomic E-state index is 0.0844. The lowest BCUT2D eigenvalue weighted by molar-refractivity contribution is -0.744. The Kier molecular flexibility index (Phi) is 6.58. The molecule has 1 aromatic heterocycles.